The van der Waals surface area contributed by atoms with Gasteiger partial charge in [-0.2, -0.15) is 8.42 Å². The number of rotatable bonds is 6. The third kappa shape index (κ3) is 4.23. The van der Waals surface area contributed by atoms with Gasteiger partial charge in [0.15, 0.2) is 17.7 Å². The van der Waals surface area contributed by atoms with Crippen molar-refractivity contribution in [3.05, 3.63) is 12.7 Å². The van der Waals surface area contributed by atoms with E-state index < -0.39 is 49.4 Å². The van der Waals surface area contributed by atoms with E-state index in [4.69, 9.17) is 15.0 Å². The number of fused-ring (bicyclic) bond motifs is 1. The van der Waals surface area contributed by atoms with Gasteiger partial charge >= 0.3 is 18.2 Å². The third-order valence-corrected chi connectivity index (χ3v) is 5.57. The highest BCUT2D eigenvalue weighted by Gasteiger charge is 2.45. The lowest BCUT2D eigenvalue weighted by Gasteiger charge is -2.16. The van der Waals surface area contributed by atoms with Crippen molar-refractivity contribution in [2.75, 3.05) is 12.3 Å². The first-order valence-electron chi connectivity index (χ1n) is 7.09. The molecule has 3 rings (SSSR count). The van der Waals surface area contributed by atoms with E-state index >= 15 is 0 Å². The van der Waals surface area contributed by atoms with E-state index in [2.05, 4.69) is 23.4 Å². The number of hydrogen-bond donors (Lipinski definition) is 5. The maximum absolute atomic E-state index is 11.4. The van der Waals surface area contributed by atoms with Gasteiger partial charge in [0.2, 0.25) is 0 Å². The molecule has 0 spiro atoms. The highest BCUT2D eigenvalue weighted by molar-refractivity contribution is 7.85. The van der Waals surface area contributed by atoms with Crippen LogP contribution in [-0.4, -0.2) is 72.5 Å². The summed E-state index contributed by atoms with van der Waals surface area (Å²) in [4.78, 5) is 20.9. The Hall–Kier alpha value is -1.75. The summed E-state index contributed by atoms with van der Waals surface area (Å²) >= 11 is 0. The first-order chi connectivity index (χ1) is 12.5. The Morgan fingerprint density at radius 2 is 2.00 bits per heavy atom. The van der Waals surface area contributed by atoms with E-state index in [1.807, 2.05) is 0 Å². The summed E-state index contributed by atoms with van der Waals surface area (Å²) in [6, 6.07) is 0. The number of phosphoric ester groups is 1. The molecule has 3 heterocycles. The molecular weight excluding hydrogens is 413 g/mol. The van der Waals surface area contributed by atoms with Gasteiger partial charge in [-0.3, -0.25) is 13.6 Å². The third-order valence-electron chi connectivity index (χ3n) is 3.59. The van der Waals surface area contributed by atoms with Crippen molar-refractivity contribution >= 4 is 35.2 Å². The number of anilines is 1. The number of ether oxygens (including phenoxy) is 1. The molecule has 1 aliphatic rings. The van der Waals surface area contributed by atoms with E-state index in [9.17, 15) is 28.1 Å². The first kappa shape index (κ1) is 20.0. The zero-order valence-corrected chi connectivity index (χ0v) is 14.8. The lowest BCUT2D eigenvalue weighted by Crippen LogP contribution is -2.33. The fraction of sp³-hybridized carbons (Fsp3) is 0.500. The van der Waals surface area contributed by atoms with E-state index in [0.717, 1.165) is 6.33 Å². The predicted molar refractivity (Wildman–Crippen MR) is 84.1 cm³/mol. The maximum Gasteiger partial charge on any atom is 0.488 e. The fourth-order valence-corrected chi connectivity index (χ4v) is 3.92. The largest absolute Gasteiger partial charge is 0.488 e. The molecule has 2 aromatic heterocycles. The second kappa shape index (κ2) is 7.01. The Kier molecular flexibility index (Phi) is 5.19. The van der Waals surface area contributed by atoms with E-state index in [-0.39, 0.29) is 17.0 Å². The quantitative estimate of drug-likeness (QED) is 0.247. The normalized spacial score (nSPS) is 28.4. The summed E-state index contributed by atoms with van der Waals surface area (Å²) < 4.78 is 55.3. The van der Waals surface area contributed by atoms with Crippen LogP contribution in [0.5, 0.6) is 0 Å². The molecule has 0 amide bonds. The van der Waals surface area contributed by atoms with Gasteiger partial charge in [0.05, 0.1) is 12.9 Å². The van der Waals surface area contributed by atoms with Gasteiger partial charge in [0, 0.05) is 0 Å². The Labute approximate surface area is 150 Å². The molecule has 3 unspecified atom stereocenters. The van der Waals surface area contributed by atoms with Crippen molar-refractivity contribution in [3.8, 4) is 0 Å². The predicted octanol–water partition coefficient (Wildman–Crippen LogP) is -2.04. The van der Waals surface area contributed by atoms with Gasteiger partial charge in [-0.05, 0) is 0 Å². The van der Waals surface area contributed by atoms with Crippen LogP contribution in [0.15, 0.2) is 12.7 Å². The summed E-state index contributed by atoms with van der Waals surface area (Å²) in [7, 11) is -10.5. The Bertz CT molecular complexity index is 997. The zero-order valence-electron chi connectivity index (χ0n) is 13.1. The first-order valence-corrected chi connectivity index (χ1v) is 9.95. The number of nitrogen functional groups attached to an aromatic ring is 1. The molecule has 1 saturated heterocycles. The van der Waals surface area contributed by atoms with Gasteiger partial charge in [-0.1, -0.05) is 0 Å². The van der Waals surface area contributed by atoms with Gasteiger partial charge < -0.3 is 25.6 Å². The number of imidazole rings is 1. The van der Waals surface area contributed by atoms with Gasteiger partial charge in [-0.15, -0.1) is 3.97 Å². The van der Waals surface area contributed by atoms with Crippen molar-refractivity contribution in [2.45, 2.75) is 24.5 Å². The second-order valence-electron chi connectivity index (χ2n) is 5.40. The molecular formula is C10H14N5O10PS. The lowest BCUT2D eigenvalue weighted by molar-refractivity contribution is -0.0501. The van der Waals surface area contributed by atoms with Crippen molar-refractivity contribution < 1.29 is 45.9 Å². The van der Waals surface area contributed by atoms with Gasteiger partial charge in [0.1, 0.15) is 30.2 Å². The molecule has 0 aromatic carbocycles. The van der Waals surface area contributed by atoms with Crippen LogP contribution in [0.3, 0.4) is 0 Å². The molecule has 5 atom stereocenters. The van der Waals surface area contributed by atoms with Crippen LogP contribution in [0.25, 0.3) is 11.2 Å². The molecule has 150 valence electrons. The molecule has 0 bridgehead atoms. The molecule has 0 saturated carbocycles. The van der Waals surface area contributed by atoms with Gasteiger partial charge in [-0.25, -0.2) is 19.5 Å². The number of nitrogens with zero attached hydrogens (tertiary/aromatic N) is 4. The standard InChI is InChI=1S/C10H14N5O10PS/c11-8-5-9(13-2-12-8)15(3-14-5)10-7(17)6(16)4(24-10)1-23-26(18,19)25-27(20,21)22/h2-4,6-7,10,16-17H,1H2,(H,18,19)(H2,11,12,13)(H,20,21,22)/t4-,6?,7?,10-/m1/s1. The fourth-order valence-electron chi connectivity index (χ4n) is 2.46. The van der Waals surface area contributed by atoms with E-state index in [1.165, 1.54) is 10.9 Å². The number of nitrogens with two attached hydrogens (primary N) is 1. The highest BCUT2D eigenvalue weighted by atomic mass is 32.3. The zero-order chi connectivity index (χ0) is 20.0. The number of aliphatic hydroxyl groups is 2. The molecule has 15 nitrogen and oxygen atoms in total. The molecule has 1 fully saturated rings. The Balaban J connectivity index is 1.76. The average Bonchev–Trinajstić information content (AvgIpc) is 3.07. The van der Waals surface area contributed by atoms with E-state index in [1.54, 1.807) is 0 Å². The average molecular weight is 427 g/mol. The highest BCUT2D eigenvalue weighted by Crippen LogP contribution is 2.45. The minimum atomic E-state index is -5.26. The molecule has 0 aliphatic carbocycles. The van der Waals surface area contributed by atoms with Gasteiger partial charge in [0.25, 0.3) is 0 Å². The molecule has 0 radical (unpaired) electrons. The maximum atomic E-state index is 11.4. The summed E-state index contributed by atoms with van der Waals surface area (Å²) in [5, 5.41) is 20.2. The minimum Gasteiger partial charge on any atom is -0.387 e. The molecule has 17 heteroatoms. The summed E-state index contributed by atoms with van der Waals surface area (Å²) in [6.07, 6.45) is -3.29. The SMILES string of the molecule is Nc1ncnc2c1ncn2[C@@H]1O[C@H](COP(=O)(O)OS(=O)(=O)O)C(O)C1O. The van der Waals surface area contributed by atoms with Crippen LogP contribution < -0.4 is 5.73 Å². The molecule has 6 N–H and O–H groups in total. The number of aliphatic hydroxyl groups excluding tert-OH is 2. The monoisotopic (exact) mass is 427 g/mol. The molecule has 2 aromatic rings. The molecule has 1 aliphatic heterocycles. The van der Waals surface area contributed by atoms with Crippen molar-refractivity contribution in [1.29, 1.82) is 0 Å². The summed E-state index contributed by atoms with van der Waals surface area (Å²) in [6.45, 7) is -0.845. The van der Waals surface area contributed by atoms with Crippen LogP contribution in [-0.2, 0) is 28.2 Å². The number of aromatic nitrogens is 4. The summed E-state index contributed by atoms with van der Waals surface area (Å²) in [5.41, 5.74) is 6.08. The second-order valence-corrected chi connectivity index (χ2v) is 8.04. The Morgan fingerprint density at radius 3 is 2.67 bits per heavy atom. The van der Waals surface area contributed by atoms with Crippen molar-refractivity contribution in [2.24, 2.45) is 0 Å². The lowest BCUT2D eigenvalue weighted by atomic mass is 10.1. The van der Waals surface area contributed by atoms with Crippen LogP contribution in [0, 0.1) is 0 Å². The minimum absolute atomic E-state index is 0.0789. The van der Waals surface area contributed by atoms with Crippen LogP contribution in [0.2, 0.25) is 0 Å². The molecule has 27 heavy (non-hydrogen) atoms. The van der Waals surface area contributed by atoms with Crippen molar-refractivity contribution in [3.63, 3.8) is 0 Å². The van der Waals surface area contributed by atoms with E-state index in [0.29, 0.717) is 0 Å². The number of phosphoric acid groups is 1. The van der Waals surface area contributed by atoms with Crippen LogP contribution in [0.4, 0.5) is 5.82 Å². The number of hydrogen-bond acceptors (Lipinski definition) is 12. The Morgan fingerprint density at radius 1 is 1.30 bits per heavy atom. The summed E-state index contributed by atoms with van der Waals surface area (Å²) in [5.74, 6) is 0.0789. The smallest absolute Gasteiger partial charge is 0.387 e. The topological polar surface area (TPSA) is 229 Å². The van der Waals surface area contributed by atoms with Crippen LogP contribution >= 0.6 is 7.82 Å². The van der Waals surface area contributed by atoms with Crippen molar-refractivity contribution in [1.82, 2.24) is 19.5 Å². The van der Waals surface area contributed by atoms with Crippen LogP contribution in [0.1, 0.15) is 6.23 Å².